The Bertz CT molecular complexity index is 760. The van der Waals surface area contributed by atoms with Crippen LogP contribution in [0, 0.1) is 10.1 Å². The maximum absolute atomic E-state index is 12.0. The van der Waals surface area contributed by atoms with Crippen molar-refractivity contribution in [2.24, 2.45) is 0 Å². The van der Waals surface area contributed by atoms with Crippen LogP contribution in [0.1, 0.15) is 17.2 Å². The number of nitro groups is 1. The molecule has 0 heterocycles. The Morgan fingerprint density at radius 2 is 1.68 bits per heavy atom. The number of carboxylic acids is 1. The Morgan fingerprint density at radius 1 is 1.08 bits per heavy atom. The lowest BCUT2D eigenvalue weighted by molar-refractivity contribution is -0.384. The molecule has 0 radical (unpaired) electrons. The molecule has 8 heteroatoms. The zero-order valence-corrected chi connectivity index (χ0v) is 13.0. The van der Waals surface area contributed by atoms with E-state index in [1.807, 2.05) is 0 Å². The number of non-ortho nitro benzene ring substituents is 1. The molecule has 2 rings (SSSR count). The molecule has 0 saturated heterocycles. The molecule has 0 spiro atoms. The largest absolute Gasteiger partial charge is 0.480 e. The van der Waals surface area contributed by atoms with Gasteiger partial charge in [0.2, 0.25) is 5.91 Å². The first-order valence-corrected chi connectivity index (χ1v) is 7.37. The van der Waals surface area contributed by atoms with Gasteiger partial charge in [-0.2, -0.15) is 0 Å². The number of hydrogen-bond donors (Lipinski definition) is 3. The number of carbonyl (C=O) groups excluding carboxylic acids is 1. The zero-order valence-electron chi connectivity index (χ0n) is 13.0. The summed E-state index contributed by atoms with van der Waals surface area (Å²) in [5, 5.41) is 32.4. The number of aliphatic hydroxyl groups excluding tert-OH is 1. The molecule has 1 amide bonds. The summed E-state index contributed by atoms with van der Waals surface area (Å²) in [6.45, 7) is 0. The minimum atomic E-state index is -1.57. The number of rotatable bonds is 7. The predicted molar refractivity (Wildman–Crippen MR) is 87.8 cm³/mol. The molecular formula is C17H16N2O6. The summed E-state index contributed by atoms with van der Waals surface area (Å²) in [6.07, 6.45) is -1.57. The van der Waals surface area contributed by atoms with Crippen LogP contribution in [-0.2, 0) is 16.0 Å². The highest BCUT2D eigenvalue weighted by Crippen LogP contribution is 2.21. The van der Waals surface area contributed by atoms with Crippen molar-refractivity contribution in [2.75, 3.05) is 0 Å². The number of amides is 1. The highest BCUT2D eigenvalue weighted by atomic mass is 16.6. The number of carbonyl (C=O) groups is 2. The molecule has 0 aromatic heterocycles. The van der Waals surface area contributed by atoms with Crippen molar-refractivity contribution in [2.45, 2.75) is 18.6 Å². The van der Waals surface area contributed by atoms with Gasteiger partial charge in [-0.1, -0.05) is 30.3 Å². The molecule has 0 aliphatic rings. The molecule has 25 heavy (non-hydrogen) atoms. The number of carboxylic acid groups (broad SMARTS) is 1. The summed E-state index contributed by atoms with van der Waals surface area (Å²) in [4.78, 5) is 33.5. The van der Waals surface area contributed by atoms with Gasteiger partial charge in [0.25, 0.3) is 5.69 Å². The molecular weight excluding hydrogens is 328 g/mol. The first kappa shape index (κ1) is 18.1. The fourth-order valence-corrected chi connectivity index (χ4v) is 2.27. The minimum absolute atomic E-state index is 0.0302. The summed E-state index contributed by atoms with van der Waals surface area (Å²) in [5.41, 5.74) is 0.669. The lowest BCUT2D eigenvalue weighted by Gasteiger charge is -2.20. The topological polar surface area (TPSA) is 130 Å². The highest BCUT2D eigenvalue weighted by molar-refractivity contribution is 5.85. The van der Waals surface area contributed by atoms with Crippen LogP contribution >= 0.6 is 0 Å². The van der Waals surface area contributed by atoms with Crippen molar-refractivity contribution in [3.63, 3.8) is 0 Å². The molecule has 0 fully saturated rings. The van der Waals surface area contributed by atoms with Crippen molar-refractivity contribution in [1.82, 2.24) is 5.32 Å². The van der Waals surface area contributed by atoms with Crippen LogP contribution in [0.15, 0.2) is 54.6 Å². The maximum atomic E-state index is 12.0. The van der Waals surface area contributed by atoms with Crippen LogP contribution in [0.25, 0.3) is 0 Å². The number of benzene rings is 2. The second-order valence-corrected chi connectivity index (χ2v) is 5.34. The van der Waals surface area contributed by atoms with E-state index in [1.54, 1.807) is 30.3 Å². The standard InChI is InChI=1S/C17H16N2O6/c20-14(10-11-4-2-1-3-5-11)18-15(17(22)23)16(21)12-6-8-13(9-7-12)19(24)25/h1-9,15-16,21H,10H2,(H,18,20)(H,22,23)/t15-,16-/m0/s1. The fourth-order valence-electron chi connectivity index (χ4n) is 2.27. The number of nitrogens with zero attached hydrogens (tertiary/aromatic N) is 1. The average molecular weight is 344 g/mol. The monoisotopic (exact) mass is 344 g/mol. The van der Waals surface area contributed by atoms with Crippen LogP contribution in [0.2, 0.25) is 0 Å². The van der Waals surface area contributed by atoms with Gasteiger partial charge in [-0.05, 0) is 23.3 Å². The third kappa shape index (κ3) is 4.85. The lowest BCUT2D eigenvalue weighted by atomic mass is 10.0. The second kappa shape index (κ2) is 8.02. The van der Waals surface area contributed by atoms with Gasteiger partial charge in [-0.25, -0.2) is 4.79 Å². The van der Waals surface area contributed by atoms with Gasteiger partial charge in [-0.3, -0.25) is 14.9 Å². The van der Waals surface area contributed by atoms with Gasteiger partial charge in [0.15, 0.2) is 6.04 Å². The van der Waals surface area contributed by atoms with Crippen molar-refractivity contribution in [1.29, 1.82) is 0 Å². The summed E-state index contributed by atoms with van der Waals surface area (Å²) < 4.78 is 0. The van der Waals surface area contributed by atoms with E-state index in [4.69, 9.17) is 0 Å². The molecule has 8 nitrogen and oxygen atoms in total. The Hall–Kier alpha value is -3.26. The van der Waals surface area contributed by atoms with E-state index in [2.05, 4.69) is 5.32 Å². The van der Waals surface area contributed by atoms with Crippen LogP contribution in [0.4, 0.5) is 5.69 Å². The SMILES string of the molecule is O=C(Cc1ccccc1)N[C@H](C(=O)O)[C@@H](O)c1ccc([N+](=O)[O-])cc1. The molecule has 130 valence electrons. The molecule has 0 bridgehead atoms. The third-order valence-electron chi connectivity index (χ3n) is 3.55. The van der Waals surface area contributed by atoms with Crippen LogP contribution < -0.4 is 5.32 Å². The first-order valence-electron chi connectivity index (χ1n) is 7.37. The smallest absolute Gasteiger partial charge is 0.329 e. The van der Waals surface area contributed by atoms with Gasteiger partial charge in [0, 0.05) is 12.1 Å². The highest BCUT2D eigenvalue weighted by Gasteiger charge is 2.29. The Balaban J connectivity index is 2.09. The maximum Gasteiger partial charge on any atom is 0.329 e. The second-order valence-electron chi connectivity index (χ2n) is 5.34. The Morgan fingerprint density at radius 3 is 2.20 bits per heavy atom. The normalized spacial score (nSPS) is 12.8. The predicted octanol–water partition coefficient (Wildman–Crippen LogP) is 1.44. The number of nitrogens with one attached hydrogen (secondary N) is 1. The van der Waals surface area contributed by atoms with Crippen molar-refractivity contribution in [3.05, 3.63) is 75.8 Å². The van der Waals surface area contributed by atoms with Crippen LogP contribution in [0.5, 0.6) is 0 Å². The summed E-state index contributed by atoms with van der Waals surface area (Å²) >= 11 is 0. The lowest BCUT2D eigenvalue weighted by Crippen LogP contribution is -2.45. The number of hydrogen-bond acceptors (Lipinski definition) is 5. The molecule has 0 aliphatic heterocycles. The summed E-state index contributed by atoms with van der Waals surface area (Å²) in [5.74, 6) is -1.97. The van der Waals surface area contributed by atoms with Gasteiger partial charge < -0.3 is 15.5 Å². The van der Waals surface area contributed by atoms with Gasteiger partial charge >= 0.3 is 5.97 Å². The van der Waals surface area contributed by atoms with Crippen molar-refractivity contribution >= 4 is 17.6 Å². The van der Waals surface area contributed by atoms with E-state index < -0.39 is 28.9 Å². The number of aliphatic hydroxyl groups is 1. The molecule has 2 aromatic rings. The fraction of sp³-hybridized carbons (Fsp3) is 0.176. The molecule has 2 atom stereocenters. The molecule has 0 aliphatic carbocycles. The van der Waals surface area contributed by atoms with Crippen LogP contribution in [-0.4, -0.2) is 33.1 Å². The quantitative estimate of drug-likeness (QED) is 0.515. The van der Waals surface area contributed by atoms with Crippen molar-refractivity contribution < 1.29 is 24.7 Å². The third-order valence-corrected chi connectivity index (χ3v) is 3.55. The molecule has 0 unspecified atom stereocenters. The number of nitro benzene ring substituents is 1. The molecule has 2 aromatic carbocycles. The van der Waals surface area contributed by atoms with E-state index >= 15 is 0 Å². The zero-order chi connectivity index (χ0) is 18.4. The number of aliphatic carboxylic acids is 1. The van der Waals surface area contributed by atoms with Gasteiger partial charge in [-0.15, -0.1) is 0 Å². The first-order chi connectivity index (χ1) is 11.9. The Labute approximate surface area is 142 Å². The van der Waals surface area contributed by atoms with E-state index in [-0.39, 0.29) is 17.7 Å². The minimum Gasteiger partial charge on any atom is -0.480 e. The summed E-state index contributed by atoms with van der Waals surface area (Å²) in [6, 6.07) is 12.0. The van der Waals surface area contributed by atoms with Gasteiger partial charge in [0.05, 0.1) is 11.3 Å². The molecule has 3 N–H and O–H groups in total. The average Bonchev–Trinajstić information content (AvgIpc) is 2.60. The molecule has 0 saturated carbocycles. The summed E-state index contributed by atoms with van der Waals surface area (Å²) in [7, 11) is 0. The van der Waals surface area contributed by atoms with Crippen LogP contribution in [0.3, 0.4) is 0 Å². The van der Waals surface area contributed by atoms with Crippen molar-refractivity contribution in [3.8, 4) is 0 Å². The van der Waals surface area contributed by atoms with E-state index in [9.17, 15) is 29.9 Å². The van der Waals surface area contributed by atoms with E-state index in [1.165, 1.54) is 12.1 Å². The van der Waals surface area contributed by atoms with E-state index in [0.29, 0.717) is 5.56 Å². The van der Waals surface area contributed by atoms with E-state index in [0.717, 1.165) is 12.1 Å². The Kier molecular flexibility index (Phi) is 5.80. The van der Waals surface area contributed by atoms with Gasteiger partial charge in [0.1, 0.15) is 6.10 Å².